The number of nitrogen functional groups attached to an aromatic ring is 1. The first-order valence-corrected chi connectivity index (χ1v) is 3.99. The summed E-state index contributed by atoms with van der Waals surface area (Å²) in [5.74, 6) is -0.0219. The van der Waals surface area contributed by atoms with Crippen LogP contribution in [-0.2, 0) is 0 Å². The monoisotopic (exact) mass is 185 g/mol. The lowest BCUT2D eigenvalue weighted by Gasteiger charge is -2.03. The molecule has 14 heavy (non-hydrogen) atoms. The van der Waals surface area contributed by atoms with Crippen molar-refractivity contribution in [2.75, 3.05) is 5.73 Å². The Balaban J connectivity index is 2.92. The van der Waals surface area contributed by atoms with Gasteiger partial charge in [-0.25, -0.2) is 0 Å². The number of benzene rings is 1. The molecule has 0 unspecified atom stereocenters. The standard InChI is InChI=1S/C10H7N3O/c11-5-6-3-7-8(12)1-2-13-10(7)9(14)4-6/h1-4,14H,(H2,12,13). The highest BCUT2D eigenvalue weighted by atomic mass is 16.3. The number of nitriles is 1. The van der Waals surface area contributed by atoms with Gasteiger partial charge in [0, 0.05) is 17.3 Å². The highest BCUT2D eigenvalue weighted by Crippen LogP contribution is 2.27. The summed E-state index contributed by atoms with van der Waals surface area (Å²) in [6.07, 6.45) is 1.52. The molecule has 2 aromatic rings. The number of pyridine rings is 1. The minimum absolute atomic E-state index is 0.0219. The molecule has 2 rings (SSSR count). The predicted molar refractivity (Wildman–Crippen MR) is 52.5 cm³/mol. The van der Waals surface area contributed by atoms with Gasteiger partial charge in [-0.2, -0.15) is 5.26 Å². The number of fused-ring (bicyclic) bond motifs is 1. The van der Waals surface area contributed by atoms with Gasteiger partial charge in [0.05, 0.1) is 11.6 Å². The summed E-state index contributed by atoms with van der Waals surface area (Å²) < 4.78 is 0. The van der Waals surface area contributed by atoms with E-state index in [1.165, 1.54) is 12.3 Å². The van der Waals surface area contributed by atoms with Gasteiger partial charge in [-0.15, -0.1) is 0 Å². The summed E-state index contributed by atoms with van der Waals surface area (Å²) in [5.41, 5.74) is 6.98. The molecule has 0 aliphatic heterocycles. The van der Waals surface area contributed by atoms with Crippen LogP contribution in [0.15, 0.2) is 24.4 Å². The second-order valence-corrected chi connectivity index (χ2v) is 2.90. The summed E-state index contributed by atoms with van der Waals surface area (Å²) in [6, 6.07) is 6.55. The molecular weight excluding hydrogens is 178 g/mol. The first-order valence-electron chi connectivity index (χ1n) is 3.99. The maximum Gasteiger partial charge on any atom is 0.143 e. The lowest BCUT2D eigenvalue weighted by atomic mass is 10.1. The molecule has 0 radical (unpaired) electrons. The van der Waals surface area contributed by atoms with Crippen LogP contribution in [0.1, 0.15) is 5.56 Å². The molecule has 0 saturated carbocycles. The van der Waals surface area contributed by atoms with Crippen LogP contribution in [0, 0.1) is 11.3 Å². The number of rotatable bonds is 0. The third-order valence-electron chi connectivity index (χ3n) is 1.99. The second kappa shape index (κ2) is 2.89. The number of anilines is 1. The minimum atomic E-state index is -0.0219. The summed E-state index contributed by atoms with van der Waals surface area (Å²) >= 11 is 0. The number of nitrogens with zero attached hydrogens (tertiary/aromatic N) is 2. The van der Waals surface area contributed by atoms with Crippen LogP contribution in [0.4, 0.5) is 5.69 Å². The van der Waals surface area contributed by atoms with Gasteiger partial charge in [0.1, 0.15) is 11.3 Å². The van der Waals surface area contributed by atoms with E-state index in [2.05, 4.69) is 4.98 Å². The molecule has 0 aliphatic rings. The largest absolute Gasteiger partial charge is 0.506 e. The number of hydrogen-bond acceptors (Lipinski definition) is 4. The number of nitrogens with two attached hydrogens (primary N) is 1. The van der Waals surface area contributed by atoms with Crippen molar-refractivity contribution in [3.8, 4) is 11.8 Å². The van der Waals surface area contributed by atoms with Gasteiger partial charge < -0.3 is 10.8 Å². The van der Waals surface area contributed by atoms with E-state index in [4.69, 9.17) is 11.0 Å². The molecule has 0 saturated heterocycles. The molecule has 68 valence electrons. The van der Waals surface area contributed by atoms with E-state index in [9.17, 15) is 5.11 Å². The molecule has 0 fully saturated rings. The van der Waals surface area contributed by atoms with Gasteiger partial charge in [-0.1, -0.05) is 0 Å². The SMILES string of the molecule is N#Cc1cc(O)c2nccc(N)c2c1. The quantitative estimate of drug-likeness (QED) is 0.649. The lowest BCUT2D eigenvalue weighted by molar-refractivity contribution is 0.480. The van der Waals surface area contributed by atoms with Crippen LogP contribution in [0.5, 0.6) is 5.75 Å². The lowest BCUT2D eigenvalue weighted by Crippen LogP contribution is -1.89. The Hall–Kier alpha value is -2.28. The molecule has 1 aromatic heterocycles. The van der Waals surface area contributed by atoms with Crippen LogP contribution >= 0.6 is 0 Å². The van der Waals surface area contributed by atoms with Gasteiger partial charge >= 0.3 is 0 Å². The number of aromatic hydroxyl groups is 1. The molecule has 4 nitrogen and oxygen atoms in total. The van der Waals surface area contributed by atoms with E-state index in [1.807, 2.05) is 6.07 Å². The van der Waals surface area contributed by atoms with Crippen LogP contribution in [0.3, 0.4) is 0 Å². The van der Waals surface area contributed by atoms with Crippen LogP contribution in [0.25, 0.3) is 10.9 Å². The van der Waals surface area contributed by atoms with Crippen molar-refractivity contribution < 1.29 is 5.11 Å². The Labute approximate surface area is 80.2 Å². The average Bonchev–Trinajstić information content (AvgIpc) is 2.19. The molecule has 1 heterocycles. The van der Waals surface area contributed by atoms with Crippen LogP contribution in [-0.4, -0.2) is 10.1 Å². The maximum atomic E-state index is 9.54. The number of phenols is 1. The van der Waals surface area contributed by atoms with E-state index in [1.54, 1.807) is 12.1 Å². The fourth-order valence-electron chi connectivity index (χ4n) is 1.32. The van der Waals surface area contributed by atoms with Gasteiger partial charge in [-0.05, 0) is 18.2 Å². The highest BCUT2D eigenvalue weighted by Gasteiger charge is 2.05. The van der Waals surface area contributed by atoms with Crippen LogP contribution < -0.4 is 5.73 Å². The van der Waals surface area contributed by atoms with E-state index in [-0.39, 0.29) is 5.75 Å². The number of hydrogen-bond donors (Lipinski definition) is 2. The zero-order valence-electron chi connectivity index (χ0n) is 7.23. The highest BCUT2D eigenvalue weighted by molar-refractivity contribution is 5.94. The molecular formula is C10H7N3O. The maximum absolute atomic E-state index is 9.54. The predicted octanol–water partition coefficient (Wildman–Crippen LogP) is 1.39. The molecule has 0 spiro atoms. The van der Waals surface area contributed by atoms with E-state index >= 15 is 0 Å². The summed E-state index contributed by atoms with van der Waals surface area (Å²) in [7, 11) is 0. The third-order valence-corrected chi connectivity index (χ3v) is 1.99. The third kappa shape index (κ3) is 1.12. The van der Waals surface area contributed by atoms with E-state index in [0.29, 0.717) is 22.2 Å². The molecule has 0 bridgehead atoms. The normalized spacial score (nSPS) is 9.93. The molecule has 3 N–H and O–H groups in total. The minimum Gasteiger partial charge on any atom is -0.506 e. The first kappa shape index (κ1) is 8.32. The van der Waals surface area contributed by atoms with Crippen molar-refractivity contribution in [1.29, 1.82) is 5.26 Å². The van der Waals surface area contributed by atoms with Crippen molar-refractivity contribution in [3.05, 3.63) is 30.0 Å². The van der Waals surface area contributed by atoms with Crippen LogP contribution in [0.2, 0.25) is 0 Å². The Morgan fingerprint density at radius 3 is 2.93 bits per heavy atom. The van der Waals surface area contributed by atoms with E-state index in [0.717, 1.165) is 0 Å². The molecule has 0 amide bonds. The Bertz CT molecular complexity index is 543. The molecule has 0 aliphatic carbocycles. The van der Waals surface area contributed by atoms with Crippen molar-refractivity contribution in [3.63, 3.8) is 0 Å². The first-order chi connectivity index (χ1) is 6.72. The van der Waals surface area contributed by atoms with Gasteiger partial charge in [0.2, 0.25) is 0 Å². The molecule has 0 atom stereocenters. The smallest absolute Gasteiger partial charge is 0.143 e. The van der Waals surface area contributed by atoms with Crippen molar-refractivity contribution in [2.45, 2.75) is 0 Å². The Morgan fingerprint density at radius 2 is 2.21 bits per heavy atom. The van der Waals surface area contributed by atoms with Gasteiger partial charge in [0.25, 0.3) is 0 Å². The van der Waals surface area contributed by atoms with Crippen molar-refractivity contribution in [2.24, 2.45) is 0 Å². The summed E-state index contributed by atoms with van der Waals surface area (Å²) in [5, 5.41) is 18.8. The van der Waals surface area contributed by atoms with Gasteiger partial charge in [-0.3, -0.25) is 4.98 Å². The fourth-order valence-corrected chi connectivity index (χ4v) is 1.32. The zero-order chi connectivity index (χ0) is 10.1. The van der Waals surface area contributed by atoms with Crippen molar-refractivity contribution >= 4 is 16.6 Å². The Morgan fingerprint density at radius 1 is 1.43 bits per heavy atom. The Kier molecular flexibility index (Phi) is 1.72. The molecule has 4 heteroatoms. The van der Waals surface area contributed by atoms with Crippen molar-refractivity contribution in [1.82, 2.24) is 4.98 Å². The molecule has 1 aromatic carbocycles. The topological polar surface area (TPSA) is 82.9 Å². The average molecular weight is 185 g/mol. The van der Waals surface area contributed by atoms with Gasteiger partial charge in [0.15, 0.2) is 0 Å². The van der Waals surface area contributed by atoms with E-state index < -0.39 is 0 Å². The number of aromatic nitrogens is 1. The number of phenolic OH excluding ortho intramolecular Hbond substituents is 1. The summed E-state index contributed by atoms with van der Waals surface area (Å²) in [4.78, 5) is 3.98. The zero-order valence-corrected chi connectivity index (χ0v) is 7.23. The second-order valence-electron chi connectivity index (χ2n) is 2.90. The summed E-state index contributed by atoms with van der Waals surface area (Å²) in [6.45, 7) is 0. The fraction of sp³-hybridized carbons (Fsp3) is 0.